The Morgan fingerprint density at radius 1 is 0.659 bits per heavy atom. The highest BCUT2D eigenvalue weighted by atomic mass is 16.5. The first-order chi connectivity index (χ1) is 20.3. The highest BCUT2D eigenvalue weighted by Crippen LogP contribution is 2.44. The lowest BCUT2D eigenvalue weighted by molar-refractivity contribution is 0.296. The van der Waals surface area contributed by atoms with E-state index in [1.165, 1.54) is 5.57 Å². The van der Waals surface area contributed by atoms with E-state index in [9.17, 15) is 0 Å². The molecule has 196 valence electrons. The van der Waals surface area contributed by atoms with Gasteiger partial charge in [0.15, 0.2) is 17.8 Å². The molecule has 5 aromatic carbocycles. The first-order valence-electron chi connectivity index (χ1n) is 14.1. The number of benzene rings is 5. The minimum atomic E-state index is -0.160. The normalized spacial score (nSPS) is 15.8. The van der Waals surface area contributed by atoms with Gasteiger partial charge in [-0.3, -0.25) is 0 Å². The first kappa shape index (κ1) is 23.6. The van der Waals surface area contributed by atoms with Gasteiger partial charge in [-0.2, -0.15) is 0 Å². The largest absolute Gasteiger partial charge is 0.464 e. The van der Waals surface area contributed by atoms with Crippen LogP contribution >= 0.6 is 0 Å². The fraction of sp³-hybridized carbons (Fsp3) is 0.0811. The maximum atomic E-state index is 6.56. The quantitative estimate of drug-likeness (QED) is 0.231. The van der Waals surface area contributed by atoms with Crippen LogP contribution in [0.3, 0.4) is 0 Å². The molecule has 0 radical (unpaired) electrons. The van der Waals surface area contributed by atoms with Gasteiger partial charge in [-0.05, 0) is 47.2 Å². The molecule has 4 nitrogen and oxygen atoms in total. The van der Waals surface area contributed by atoms with E-state index in [0.717, 1.165) is 73.9 Å². The second kappa shape index (κ2) is 9.76. The summed E-state index contributed by atoms with van der Waals surface area (Å²) in [4.78, 5) is 10.1. The summed E-state index contributed by atoms with van der Waals surface area (Å²) in [5.41, 5.74) is 7.15. The third kappa shape index (κ3) is 4.25. The smallest absolute Gasteiger partial charge is 0.196 e. The van der Waals surface area contributed by atoms with Gasteiger partial charge in [-0.1, -0.05) is 109 Å². The standard InChI is InChI=1S/C37H27N3O/c1-4-10-24(11-5-1)32-23-33(25-12-6-2-7-13-25)39-36(38-32)29-18-20-30-28(22-29)17-16-26-19-21-31-35(34(26)30)41-37(40-31)27-14-8-3-9-15-27/h1-2,4-8,10-23,37,40H,3,9H2. The van der Waals surface area contributed by atoms with E-state index in [0.29, 0.717) is 5.82 Å². The number of rotatable bonds is 4. The number of nitrogens with one attached hydrogen (secondary N) is 1. The van der Waals surface area contributed by atoms with Gasteiger partial charge in [0, 0.05) is 27.6 Å². The Hall–Kier alpha value is -5.22. The summed E-state index contributed by atoms with van der Waals surface area (Å²) in [6.07, 6.45) is 8.64. The zero-order chi connectivity index (χ0) is 27.2. The molecule has 41 heavy (non-hydrogen) atoms. The van der Waals surface area contributed by atoms with Gasteiger partial charge in [-0.15, -0.1) is 0 Å². The van der Waals surface area contributed by atoms with Crippen molar-refractivity contribution in [2.75, 3.05) is 5.32 Å². The van der Waals surface area contributed by atoms with Crippen LogP contribution in [0.4, 0.5) is 5.69 Å². The van der Waals surface area contributed by atoms with E-state index in [1.54, 1.807) is 0 Å². The lowest BCUT2D eigenvalue weighted by Gasteiger charge is -2.15. The molecule has 6 aromatic rings. The predicted octanol–water partition coefficient (Wildman–Crippen LogP) is 9.19. The second-order valence-electron chi connectivity index (χ2n) is 10.6. The Morgan fingerprint density at radius 3 is 2.07 bits per heavy atom. The van der Waals surface area contributed by atoms with Crippen LogP contribution in [-0.4, -0.2) is 16.2 Å². The molecule has 0 spiro atoms. The molecule has 8 rings (SSSR count). The average Bonchev–Trinajstić information content (AvgIpc) is 3.50. The van der Waals surface area contributed by atoms with Crippen molar-refractivity contribution in [2.24, 2.45) is 0 Å². The lowest BCUT2D eigenvalue weighted by Crippen LogP contribution is -2.22. The number of anilines is 1. The van der Waals surface area contributed by atoms with E-state index in [1.807, 2.05) is 36.4 Å². The third-order valence-electron chi connectivity index (χ3n) is 7.93. The van der Waals surface area contributed by atoms with Gasteiger partial charge in [0.1, 0.15) is 0 Å². The summed E-state index contributed by atoms with van der Waals surface area (Å²) < 4.78 is 6.56. The first-order valence-corrected chi connectivity index (χ1v) is 14.1. The summed E-state index contributed by atoms with van der Waals surface area (Å²) in [6, 6.07) is 37.8. The molecule has 2 aliphatic rings. The Labute approximate surface area is 238 Å². The van der Waals surface area contributed by atoms with Crippen molar-refractivity contribution >= 4 is 27.2 Å². The van der Waals surface area contributed by atoms with Crippen molar-refractivity contribution in [3.63, 3.8) is 0 Å². The molecule has 1 aromatic heterocycles. The number of allylic oxidation sites excluding steroid dienone is 2. The SMILES string of the molecule is C1=CC(C2Nc3ccc4ccc5cc(-c6nc(-c7ccccc7)cc(-c7ccccc7)n6)ccc5c4c3O2)=CCC1. The van der Waals surface area contributed by atoms with Crippen LogP contribution in [-0.2, 0) is 0 Å². The van der Waals surface area contributed by atoms with Crippen molar-refractivity contribution < 1.29 is 4.74 Å². The van der Waals surface area contributed by atoms with Crippen LogP contribution in [0.15, 0.2) is 133 Å². The third-order valence-corrected chi connectivity index (χ3v) is 7.93. The molecule has 0 saturated heterocycles. The van der Waals surface area contributed by atoms with E-state index in [4.69, 9.17) is 14.7 Å². The maximum absolute atomic E-state index is 6.56. The van der Waals surface area contributed by atoms with Crippen LogP contribution in [0.2, 0.25) is 0 Å². The summed E-state index contributed by atoms with van der Waals surface area (Å²) in [5, 5.41) is 8.15. The van der Waals surface area contributed by atoms with Gasteiger partial charge in [0.25, 0.3) is 0 Å². The molecule has 1 unspecified atom stereocenters. The molecule has 4 heteroatoms. The van der Waals surface area contributed by atoms with Crippen molar-refractivity contribution in [3.8, 4) is 39.7 Å². The highest BCUT2D eigenvalue weighted by Gasteiger charge is 2.27. The van der Waals surface area contributed by atoms with Crippen molar-refractivity contribution in [1.29, 1.82) is 0 Å². The van der Waals surface area contributed by atoms with Crippen LogP contribution in [0.1, 0.15) is 12.8 Å². The van der Waals surface area contributed by atoms with E-state index in [2.05, 4.69) is 96.3 Å². The number of aromatic nitrogens is 2. The fourth-order valence-electron chi connectivity index (χ4n) is 5.86. The van der Waals surface area contributed by atoms with Gasteiger partial charge < -0.3 is 10.1 Å². The zero-order valence-electron chi connectivity index (χ0n) is 22.4. The fourth-order valence-corrected chi connectivity index (χ4v) is 5.86. The van der Waals surface area contributed by atoms with Crippen LogP contribution in [0, 0.1) is 0 Å². The second-order valence-corrected chi connectivity index (χ2v) is 10.6. The maximum Gasteiger partial charge on any atom is 0.196 e. The summed E-state index contributed by atoms with van der Waals surface area (Å²) in [6.45, 7) is 0. The molecular weight excluding hydrogens is 502 g/mol. The molecule has 1 aliphatic heterocycles. The zero-order valence-corrected chi connectivity index (χ0v) is 22.4. The minimum absolute atomic E-state index is 0.160. The summed E-state index contributed by atoms with van der Waals surface area (Å²) in [5.74, 6) is 1.62. The van der Waals surface area contributed by atoms with E-state index >= 15 is 0 Å². The molecule has 1 atom stereocenters. The van der Waals surface area contributed by atoms with Gasteiger partial charge in [0.05, 0.1) is 17.1 Å². The topological polar surface area (TPSA) is 47.0 Å². The van der Waals surface area contributed by atoms with Gasteiger partial charge >= 0.3 is 0 Å². The number of fused-ring (bicyclic) bond motifs is 5. The van der Waals surface area contributed by atoms with Gasteiger partial charge in [0.2, 0.25) is 0 Å². The highest BCUT2D eigenvalue weighted by molar-refractivity contribution is 6.13. The molecule has 0 bridgehead atoms. The lowest BCUT2D eigenvalue weighted by atomic mass is 9.98. The van der Waals surface area contributed by atoms with Crippen molar-refractivity contribution in [1.82, 2.24) is 9.97 Å². The Balaban J connectivity index is 1.25. The summed E-state index contributed by atoms with van der Waals surface area (Å²) >= 11 is 0. The Kier molecular flexibility index (Phi) is 5.63. The number of nitrogens with zero attached hydrogens (tertiary/aromatic N) is 2. The Morgan fingerprint density at radius 2 is 1.37 bits per heavy atom. The van der Waals surface area contributed by atoms with Crippen LogP contribution < -0.4 is 10.1 Å². The van der Waals surface area contributed by atoms with E-state index < -0.39 is 0 Å². The van der Waals surface area contributed by atoms with Gasteiger partial charge in [-0.25, -0.2) is 9.97 Å². The van der Waals surface area contributed by atoms with Crippen LogP contribution in [0.25, 0.3) is 55.4 Å². The minimum Gasteiger partial charge on any atom is -0.464 e. The molecule has 0 amide bonds. The Bertz CT molecular complexity index is 1940. The predicted molar refractivity (Wildman–Crippen MR) is 168 cm³/mol. The molecule has 1 N–H and O–H groups in total. The molecule has 2 heterocycles. The summed E-state index contributed by atoms with van der Waals surface area (Å²) in [7, 11) is 0. The molecule has 1 aliphatic carbocycles. The van der Waals surface area contributed by atoms with E-state index in [-0.39, 0.29) is 6.23 Å². The molecule has 0 saturated carbocycles. The number of hydrogen-bond donors (Lipinski definition) is 1. The van der Waals surface area contributed by atoms with Crippen molar-refractivity contribution in [3.05, 3.63) is 133 Å². The number of hydrogen-bond acceptors (Lipinski definition) is 4. The van der Waals surface area contributed by atoms with Crippen LogP contribution in [0.5, 0.6) is 5.75 Å². The molecule has 0 fully saturated rings. The number of ether oxygens (including phenoxy) is 1. The molecular formula is C37H27N3O. The monoisotopic (exact) mass is 529 g/mol. The average molecular weight is 530 g/mol. The van der Waals surface area contributed by atoms with Crippen molar-refractivity contribution in [2.45, 2.75) is 19.1 Å².